The van der Waals surface area contributed by atoms with Gasteiger partial charge < -0.3 is 4.90 Å². The fourth-order valence-corrected chi connectivity index (χ4v) is 3.24. The number of carbonyl (C=O) groups excluding carboxylic acids is 1. The van der Waals surface area contributed by atoms with Crippen LogP contribution in [0.1, 0.15) is 52.5 Å². The second-order valence-corrected chi connectivity index (χ2v) is 6.73. The van der Waals surface area contributed by atoms with Gasteiger partial charge in [-0.3, -0.25) is 10.1 Å². The van der Waals surface area contributed by atoms with E-state index >= 15 is 0 Å². The second kappa shape index (κ2) is 8.50. The molecule has 134 valence electrons. The molecule has 1 fully saturated rings. The van der Waals surface area contributed by atoms with Crippen LogP contribution in [0.5, 0.6) is 0 Å². The van der Waals surface area contributed by atoms with Gasteiger partial charge in [-0.05, 0) is 50.1 Å². The maximum atomic E-state index is 12.7. The molecule has 25 heavy (non-hydrogen) atoms. The lowest BCUT2D eigenvalue weighted by Crippen LogP contribution is -2.29. The largest absolute Gasteiger partial charge is 0.324 e. The minimum atomic E-state index is 0.0741. The van der Waals surface area contributed by atoms with E-state index in [1.165, 1.54) is 0 Å². The van der Waals surface area contributed by atoms with Crippen LogP contribution in [0.3, 0.4) is 0 Å². The van der Waals surface area contributed by atoms with Crippen LogP contribution < -0.4 is 5.32 Å². The summed E-state index contributed by atoms with van der Waals surface area (Å²) in [6.07, 6.45) is 0. The van der Waals surface area contributed by atoms with Crippen molar-refractivity contribution in [3.8, 4) is 0 Å². The molecule has 0 spiro atoms. The van der Waals surface area contributed by atoms with Crippen molar-refractivity contribution in [3.63, 3.8) is 0 Å². The van der Waals surface area contributed by atoms with Crippen molar-refractivity contribution in [2.75, 3.05) is 13.2 Å². The van der Waals surface area contributed by atoms with Gasteiger partial charge in [-0.25, -0.2) is 0 Å². The summed E-state index contributed by atoms with van der Waals surface area (Å²) in [5.41, 5.74) is 5.17. The van der Waals surface area contributed by atoms with E-state index in [1.54, 1.807) is 0 Å². The zero-order chi connectivity index (χ0) is 18.6. The van der Waals surface area contributed by atoms with E-state index in [0.717, 1.165) is 32.8 Å². The molecule has 1 heterocycles. The molecule has 1 aliphatic heterocycles. The highest BCUT2D eigenvalue weighted by atomic mass is 35.5. The second-order valence-electron chi connectivity index (χ2n) is 6.33. The Morgan fingerprint density at radius 2 is 1.72 bits per heavy atom. The topological polar surface area (TPSA) is 32.3 Å². The first-order valence-corrected chi connectivity index (χ1v) is 9.19. The molecule has 0 aromatic heterocycles. The molecular formula is C21H27ClN2O. The zero-order valence-electron chi connectivity index (χ0n) is 15.7. The van der Waals surface area contributed by atoms with Gasteiger partial charge in [0, 0.05) is 17.1 Å². The summed E-state index contributed by atoms with van der Waals surface area (Å²) >= 11 is 6.21. The monoisotopic (exact) mass is 358 g/mol. The number of halogens is 1. The molecule has 0 bridgehead atoms. The van der Waals surface area contributed by atoms with Crippen LogP contribution >= 0.6 is 11.6 Å². The molecule has 0 saturated carbocycles. The summed E-state index contributed by atoms with van der Waals surface area (Å²) in [6, 6.07) is 12.2. The van der Waals surface area contributed by atoms with Gasteiger partial charge >= 0.3 is 0 Å². The molecule has 1 saturated heterocycles. The van der Waals surface area contributed by atoms with Gasteiger partial charge in [0.05, 0.1) is 12.7 Å². The summed E-state index contributed by atoms with van der Waals surface area (Å²) in [7, 11) is 0. The molecule has 4 heteroatoms. The van der Waals surface area contributed by atoms with E-state index in [1.807, 2.05) is 63.8 Å². The smallest absolute Gasteiger partial charge is 0.254 e. The number of hydrogen-bond donors (Lipinski definition) is 1. The van der Waals surface area contributed by atoms with Crippen LogP contribution in [-0.4, -0.2) is 24.0 Å². The molecule has 3 nitrogen and oxygen atoms in total. The molecule has 0 aliphatic carbocycles. The summed E-state index contributed by atoms with van der Waals surface area (Å²) in [4.78, 5) is 14.6. The number of nitrogens with one attached hydrogen (secondary N) is 1. The number of amides is 1. The summed E-state index contributed by atoms with van der Waals surface area (Å²) < 4.78 is 0. The maximum absolute atomic E-state index is 12.7. The van der Waals surface area contributed by atoms with E-state index in [2.05, 4.69) is 17.4 Å². The Morgan fingerprint density at radius 3 is 2.32 bits per heavy atom. The van der Waals surface area contributed by atoms with Gasteiger partial charge in [0.15, 0.2) is 0 Å². The van der Waals surface area contributed by atoms with E-state index in [-0.39, 0.29) is 11.9 Å². The Bertz CT molecular complexity index is 737. The van der Waals surface area contributed by atoms with E-state index in [4.69, 9.17) is 11.6 Å². The number of hydrogen-bond acceptors (Lipinski definition) is 2. The molecule has 1 N–H and O–H groups in total. The van der Waals surface area contributed by atoms with Gasteiger partial charge in [-0.2, -0.15) is 0 Å². The van der Waals surface area contributed by atoms with Gasteiger partial charge in [0.25, 0.3) is 5.91 Å². The SMILES string of the molecule is CC.Cc1cc(C)cc(C(=O)N2CNC(c3ccc(C)c(Cl)c3)C2)c1. The Hall–Kier alpha value is -1.84. The van der Waals surface area contributed by atoms with Gasteiger partial charge in [-0.1, -0.05) is 54.8 Å². The van der Waals surface area contributed by atoms with Crippen molar-refractivity contribution in [2.24, 2.45) is 0 Å². The molecule has 1 aliphatic rings. The standard InChI is InChI=1S/C19H21ClN2O.C2H6/c1-12-6-13(2)8-16(7-12)19(23)22-10-18(21-11-22)15-5-4-14(3)17(20)9-15;1-2/h4-9,18,21H,10-11H2,1-3H3;1-2H3. The minimum absolute atomic E-state index is 0.0741. The molecule has 0 radical (unpaired) electrons. The summed E-state index contributed by atoms with van der Waals surface area (Å²) in [5.74, 6) is 0.0741. The molecule has 2 aromatic carbocycles. The molecule has 1 amide bonds. The third kappa shape index (κ3) is 4.62. The number of aryl methyl sites for hydroxylation is 3. The first-order valence-electron chi connectivity index (χ1n) is 8.81. The molecular weight excluding hydrogens is 332 g/mol. The van der Waals surface area contributed by atoms with Crippen molar-refractivity contribution in [2.45, 2.75) is 40.7 Å². The fraction of sp³-hybridized carbons (Fsp3) is 0.381. The highest BCUT2D eigenvalue weighted by molar-refractivity contribution is 6.31. The predicted molar refractivity (Wildman–Crippen MR) is 105 cm³/mol. The maximum Gasteiger partial charge on any atom is 0.254 e. The lowest BCUT2D eigenvalue weighted by atomic mass is 10.0. The van der Waals surface area contributed by atoms with Crippen LogP contribution in [0.25, 0.3) is 0 Å². The van der Waals surface area contributed by atoms with Crippen LogP contribution in [0.2, 0.25) is 5.02 Å². The molecule has 1 atom stereocenters. The highest BCUT2D eigenvalue weighted by Crippen LogP contribution is 2.25. The van der Waals surface area contributed by atoms with Gasteiger partial charge in [-0.15, -0.1) is 0 Å². The van der Waals surface area contributed by atoms with Crippen molar-refractivity contribution in [1.29, 1.82) is 0 Å². The summed E-state index contributed by atoms with van der Waals surface area (Å²) in [6.45, 7) is 11.2. The Morgan fingerprint density at radius 1 is 1.08 bits per heavy atom. The third-order valence-corrected chi connectivity index (χ3v) is 4.69. The molecule has 1 unspecified atom stereocenters. The number of benzene rings is 2. The van der Waals surface area contributed by atoms with Crippen molar-refractivity contribution < 1.29 is 4.79 Å². The first-order chi connectivity index (χ1) is 11.9. The van der Waals surface area contributed by atoms with Crippen LogP contribution in [-0.2, 0) is 0 Å². The quantitative estimate of drug-likeness (QED) is 0.816. The van der Waals surface area contributed by atoms with E-state index < -0.39 is 0 Å². The third-order valence-electron chi connectivity index (χ3n) is 4.29. The van der Waals surface area contributed by atoms with Gasteiger partial charge in [0.2, 0.25) is 0 Å². The summed E-state index contributed by atoms with van der Waals surface area (Å²) in [5, 5.41) is 4.16. The van der Waals surface area contributed by atoms with E-state index in [0.29, 0.717) is 13.2 Å². The Balaban J connectivity index is 0.00000109. The van der Waals surface area contributed by atoms with Crippen molar-refractivity contribution in [1.82, 2.24) is 10.2 Å². The Kier molecular flexibility index (Phi) is 6.63. The fourth-order valence-electron chi connectivity index (χ4n) is 3.05. The predicted octanol–water partition coefficient (Wildman–Crippen LogP) is 5.04. The number of carbonyl (C=O) groups is 1. The first kappa shape index (κ1) is 19.5. The minimum Gasteiger partial charge on any atom is -0.324 e. The van der Waals surface area contributed by atoms with Gasteiger partial charge in [0.1, 0.15) is 0 Å². The van der Waals surface area contributed by atoms with Crippen LogP contribution in [0.15, 0.2) is 36.4 Å². The highest BCUT2D eigenvalue weighted by Gasteiger charge is 2.27. The van der Waals surface area contributed by atoms with Crippen molar-refractivity contribution >= 4 is 17.5 Å². The normalized spacial score (nSPS) is 16.4. The lowest BCUT2D eigenvalue weighted by molar-refractivity contribution is 0.0788. The lowest BCUT2D eigenvalue weighted by Gasteiger charge is -2.16. The Labute approximate surface area is 156 Å². The van der Waals surface area contributed by atoms with Crippen molar-refractivity contribution in [3.05, 3.63) is 69.2 Å². The molecule has 2 aromatic rings. The van der Waals surface area contributed by atoms with Crippen LogP contribution in [0, 0.1) is 20.8 Å². The number of rotatable bonds is 2. The average molecular weight is 359 g/mol. The molecule has 3 rings (SSSR count). The average Bonchev–Trinajstić information content (AvgIpc) is 3.07. The number of nitrogens with zero attached hydrogens (tertiary/aromatic N) is 1. The zero-order valence-corrected chi connectivity index (χ0v) is 16.4. The van der Waals surface area contributed by atoms with Crippen LogP contribution in [0.4, 0.5) is 0 Å². The van der Waals surface area contributed by atoms with E-state index in [9.17, 15) is 4.79 Å².